The minimum Gasteiger partial charge on any atom is -0.384 e. The molecule has 0 fully saturated rings. The fourth-order valence-electron chi connectivity index (χ4n) is 0.631. The van der Waals surface area contributed by atoms with Crippen LogP contribution >= 0.6 is 0 Å². The second-order valence-corrected chi connectivity index (χ2v) is 3.24. The van der Waals surface area contributed by atoms with Crippen molar-refractivity contribution in [2.75, 3.05) is 14.1 Å². The van der Waals surface area contributed by atoms with Gasteiger partial charge in [0.2, 0.25) is 0 Å². The SMILES string of the molecule is C=C(N)N=CC(=C)C(C)=CC=[N+](C)C. The van der Waals surface area contributed by atoms with Crippen molar-refractivity contribution in [3.8, 4) is 0 Å². The minimum atomic E-state index is 0.288. The molecule has 76 valence electrons. The quantitative estimate of drug-likeness (QED) is 0.407. The molecule has 0 radical (unpaired) electrons. The number of nitrogens with two attached hydrogens (primary N) is 1. The maximum Gasteiger partial charge on any atom is 0.163 e. The third-order valence-electron chi connectivity index (χ3n) is 1.52. The molecule has 0 rings (SSSR count). The average molecular weight is 192 g/mol. The van der Waals surface area contributed by atoms with Gasteiger partial charge in [-0.05, 0) is 18.1 Å². The first-order valence-corrected chi connectivity index (χ1v) is 4.29. The van der Waals surface area contributed by atoms with Crippen LogP contribution in [0.1, 0.15) is 6.92 Å². The predicted octanol–water partition coefficient (Wildman–Crippen LogP) is 1.33. The van der Waals surface area contributed by atoms with Crippen molar-refractivity contribution in [2.45, 2.75) is 6.92 Å². The number of rotatable bonds is 4. The maximum atomic E-state index is 5.29. The van der Waals surface area contributed by atoms with Gasteiger partial charge >= 0.3 is 0 Å². The summed E-state index contributed by atoms with van der Waals surface area (Å²) in [7, 11) is 3.92. The van der Waals surface area contributed by atoms with Gasteiger partial charge < -0.3 is 5.73 Å². The van der Waals surface area contributed by atoms with Crippen LogP contribution in [0.5, 0.6) is 0 Å². The Bertz CT molecular complexity index is 315. The van der Waals surface area contributed by atoms with Gasteiger partial charge in [0, 0.05) is 12.3 Å². The molecule has 3 heteroatoms. The highest BCUT2D eigenvalue weighted by Gasteiger charge is 1.92. The number of hydrogen-bond acceptors (Lipinski definition) is 2. The minimum absolute atomic E-state index is 0.288. The van der Waals surface area contributed by atoms with Crippen molar-refractivity contribution in [3.63, 3.8) is 0 Å². The Balaban J connectivity index is 4.48. The van der Waals surface area contributed by atoms with Gasteiger partial charge in [-0.1, -0.05) is 13.2 Å². The van der Waals surface area contributed by atoms with Crippen LogP contribution in [0, 0.1) is 0 Å². The Morgan fingerprint density at radius 1 is 1.36 bits per heavy atom. The molecule has 0 saturated carbocycles. The molecule has 0 aromatic rings. The van der Waals surface area contributed by atoms with Crippen LogP contribution in [-0.4, -0.2) is 31.1 Å². The van der Waals surface area contributed by atoms with Gasteiger partial charge in [-0.2, -0.15) is 0 Å². The average Bonchev–Trinajstić information content (AvgIpc) is 2.09. The van der Waals surface area contributed by atoms with E-state index in [0.717, 1.165) is 11.1 Å². The summed E-state index contributed by atoms with van der Waals surface area (Å²) < 4.78 is 1.95. The second-order valence-electron chi connectivity index (χ2n) is 3.24. The predicted molar refractivity (Wildman–Crippen MR) is 62.9 cm³/mol. The number of allylic oxidation sites excluding steroid dienone is 3. The molecule has 0 atom stereocenters. The van der Waals surface area contributed by atoms with Crippen molar-refractivity contribution in [3.05, 3.63) is 36.2 Å². The summed E-state index contributed by atoms with van der Waals surface area (Å²) in [5, 5.41) is 0. The van der Waals surface area contributed by atoms with E-state index in [-0.39, 0.29) is 5.82 Å². The largest absolute Gasteiger partial charge is 0.384 e. The van der Waals surface area contributed by atoms with E-state index in [2.05, 4.69) is 18.2 Å². The fraction of sp³-hybridized carbons (Fsp3) is 0.273. The summed E-state index contributed by atoms with van der Waals surface area (Å²) in [6, 6.07) is 0. The Labute approximate surface area is 85.7 Å². The molecule has 0 heterocycles. The molecule has 0 spiro atoms. The molecular weight excluding hydrogens is 174 g/mol. The van der Waals surface area contributed by atoms with E-state index in [1.807, 2.05) is 37.9 Å². The number of hydrogen-bond donors (Lipinski definition) is 1. The molecule has 0 amide bonds. The highest BCUT2D eigenvalue weighted by molar-refractivity contribution is 5.86. The Morgan fingerprint density at radius 3 is 2.36 bits per heavy atom. The lowest BCUT2D eigenvalue weighted by Gasteiger charge is -1.96. The zero-order chi connectivity index (χ0) is 11.1. The van der Waals surface area contributed by atoms with E-state index in [1.165, 1.54) is 0 Å². The summed E-state index contributed by atoms with van der Waals surface area (Å²) in [5.41, 5.74) is 7.17. The topological polar surface area (TPSA) is 41.4 Å². The van der Waals surface area contributed by atoms with Crippen LogP contribution in [0.25, 0.3) is 0 Å². The molecule has 0 aliphatic heterocycles. The van der Waals surface area contributed by atoms with Crippen LogP contribution in [0.15, 0.2) is 41.2 Å². The van der Waals surface area contributed by atoms with E-state index in [4.69, 9.17) is 5.73 Å². The molecule has 3 nitrogen and oxygen atoms in total. The molecule has 2 N–H and O–H groups in total. The number of nitrogens with zero attached hydrogens (tertiary/aromatic N) is 2. The van der Waals surface area contributed by atoms with Crippen LogP contribution in [0.4, 0.5) is 0 Å². The summed E-state index contributed by atoms with van der Waals surface area (Å²) in [4.78, 5) is 3.86. The Kier molecular flexibility index (Phi) is 5.22. The smallest absolute Gasteiger partial charge is 0.163 e. The van der Waals surface area contributed by atoms with Gasteiger partial charge in [0.15, 0.2) is 6.21 Å². The number of aliphatic imine (C=N–C) groups is 1. The highest BCUT2D eigenvalue weighted by atomic mass is 14.9. The Morgan fingerprint density at radius 2 is 1.93 bits per heavy atom. The van der Waals surface area contributed by atoms with Crippen molar-refractivity contribution < 1.29 is 4.58 Å². The molecule has 0 bridgehead atoms. The fourth-order valence-corrected chi connectivity index (χ4v) is 0.631. The van der Waals surface area contributed by atoms with E-state index < -0.39 is 0 Å². The molecule has 0 aromatic carbocycles. The lowest BCUT2D eigenvalue weighted by atomic mass is 10.1. The van der Waals surface area contributed by atoms with E-state index in [1.54, 1.807) is 6.21 Å². The molecule has 0 aliphatic rings. The summed E-state index contributed by atoms with van der Waals surface area (Å²) >= 11 is 0. The third kappa shape index (κ3) is 5.94. The van der Waals surface area contributed by atoms with E-state index in [9.17, 15) is 0 Å². The zero-order valence-corrected chi connectivity index (χ0v) is 9.12. The summed E-state index contributed by atoms with van der Waals surface area (Å²) in [5.74, 6) is 0.288. The first kappa shape index (κ1) is 12.4. The van der Waals surface area contributed by atoms with E-state index >= 15 is 0 Å². The van der Waals surface area contributed by atoms with Gasteiger partial charge in [0.05, 0.1) is 0 Å². The molecule has 0 saturated heterocycles. The highest BCUT2D eigenvalue weighted by Crippen LogP contribution is 2.02. The van der Waals surface area contributed by atoms with Gasteiger partial charge in [-0.25, -0.2) is 9.57 Å². The first-order chi connectivity index (χ1) is 6.43. The standard InChI is InChI=1S/C11H18N3/c1-9(6-7-14(4)5)10(2)8-13-11(3)12/h6-8H,2-3,12H2,1,4-5H3/q+1. The van der Waals surface area contributed by atoms with Crippen LogP contribution in [0.2, 0.25) is 0 Å². The molecule has 0 unspecified atom stereocenters. The molecular formula is C11H18N3+. The molecule has 0 aliphatic carbocycles. The van der Waals surface area contributed by atoms with Crippen molar-refractivity contribution in [1.82, 2.24) is 0 Å². The zero-order valence-electron chi connectivity index (χ0n) is 9.12. The first-order valence-electron chi connectivity index (χ1n) is 4.29. The van der Waals surface area contributed by atoms with Crippen LogP contribution < -0.4 is 5.73 Å². The van der Waals surface area contributed by atoms with E-state index in [0.29, 0.717) is 0 Å². The van der Waals surface area contributed by atoms with Crippen LogP contribution in [0.3, 0.4) is 0 Å². The second kappa shape index (κ2) is 5.91. The lowest BCUT2D eigenvalue weighted by molar-refractivity contribution is -0.458. The van der Waals surface area contributed by atoms with Gasteiger partial charge in [0.25, 0.3) is 0 Å². The van der Waals surface area contributed by atoms with Crippen molar-refractivity contribution in [2.24, 2.45) is 10.7 Å². The normalized spacial score (nSPS) is 11.5. The van der Waals surface area contributed by atoms with Gasteiger partial charge in [0.1, 0.15) is 19.9 Å². The summed E-state index contributed by atoms with van der Waals surface area (Å²) in [6.07, 6.45) is 5.52. The molecule has 14 heavy (non-hydrogen) atoms. The molecule has 0 aromatic heterocycles. The van der Waals surface area contributed by atoms with Gasteiger partial charge in [-0.3, -0.25) is 0 Å². The van der Waals surface area contributed by atoms with Crippen LogP contribution in [-0.2, 0) is 0 Å². The van der Waals surface area contributed by atoms with Crippen molar-refractivity contribution >= 4 is 12.4 Å². The van der Waals surface area contributed by atoms with Crippen molar-refractivity contribution in [1.29, 1.82) is 0 Å². The summed E-state index contributed by atoms with van der Waals surface area (Å²) in [6.45, 7) is 9.28. The maximum absolute atomic E-state index is 5.29. The van der Waals surface area contributed by atoms with Gasteiger partial charge in [-0.15, -0.1) is 0 Å². The monoisotopic (exact) mass is 192 g/mol. The Hall–Kier alpha value is -1.64. The third-order valence-corrected chi connectivity index (χ3v) is 1.52. The lowest BCUT2D eigenvalue weighted by Crippen LogP contribution is -1.97.